The van der Waals surface area contributed by atoms with Gasteiger partial charge in [0, 0.05) is 36.6 Å². The Bertz CT molecular complexity index is 590. The van der Waals surface area contributed by atoms with Crippen LogP contribution < -0.4 is 15.6 Å². The molecule has 2 amide bonds. The van der Waals surface area contributed by atoms with Crippen LogP contribution in [0.25, 0.3) is 0 Å². The average molecular weight is 286 g/mol. The lowest BCUT2D eigenvalue weighted by Gasteiger charge is -2.23. The van der Waals surface area contributed by atoms with Gasteiger partial charge < -0.3 is 10.2 Å². The Hall–Kier alpha value is -2.30. The largest absolute Gasteiger partial charge is 0.347 e. The van der Waals surface area contributed by atoms with Crippen molar-refractivity contribution in [2.45, 2.75) is 26.2 Å². The lowest BCUT2D eigenvalue weighted by molar-refractivity contribution is 0.242. The first-order chi connectivity index (χ1) is 9.98. The van der Waals surface area contributed by atoms with E-state index in [1.165, 1.54) is 11.3 Å². The number of urea groups is 1. The predicted molar refractivity (Wildman–Crippen MR) is 86.7 cm³/mol. The topological polar surface area (TPSA) is 56.7 Å². The molecule has 1 heterocycles. The van der Waals surface area contributed by atoms with Crippen molar-refractivity contribution in [3.63, 3.8) is 0 Å². The summed E-state index contributed by atoms with van der Waals surface area (Å²) in [5, 5.41) is 6.54. The summed E-state index contributed by atoms with van der Waals surface area (Å²) in [7, 11) is 2.05. The fourth-order valence-electron chi connectivity index (χ4n) is 2.71. The number of para-hydroxylation sites is 1. The fraction of sp³-hybridized carbons (Fsp3) is 0.375. The van der Waals surface area contributed by atoms with Gasteiger partial charge in [-0.2, -0.15) is 5.10 Å². The van der Waals surface area contributed by atoms with E-state index in [4.69, 9.17) is 0 Å². The molecular weight excluding hydrogens is 264 g/mol. The van der Waals surface area contributed by atoms with E-state index in [9.17, 15) is 4.79 Å². The number of carbonyl (C=O) groups excluding carboxylic acids is 1. The van der Waals surface area contributed by atoms with Gasteiger partial charge in [0.15, 0.2) is 0 Å². The lowest BCUT2D eigenvalue weighted by Crippen LogP contribution is -2.31. The molecule has 5 nitrogen and oxygen atoms in total. The first-order valence-corrected chi connectivity index (χ1v) is 7.09. The summed E-state index contributed by atoms with van der Waals surface area (Å²) in [4.78, 5) is 13.4. The second kappa shape index (κ2) is 5.99. The van der Waals surface area contributed by atoms with Crippen LogP contribution in [0.4, 0.5) is 10.5 Å². The first-order valence-electron chi connectivity index (χ1n) is 7.09. The standard InChI is InChI=1S/C16H22N4O/c1-5-17-15(21)19-18-11-10-14-16(2,3)12-8-6-7-9-13(12)20(14)4/h6-11H,5H2,1-4H3,(H2,17,19,21). The number of rotatable bonds is 3. The van der Waals surface area contributed by atoms with Crippen LogP contribution in [0.2, 0.25) is 0 Å². The van der Waals surface area contributed by atoms with Crippen LogP contribution in [0.3, 0.4) is 0 Å². The van der Waals surface area contributed by atoms with E-state index in [1.807, 2.05) is 26.1 Å². The normalized spacial score (nSPS) is 18.1. The average Bonchev–Trinajstić information content (AvgIpc) is 2.64. The molecule has 2 N–H and O–H groups in total. The zero-order valence-corrected chi connectivity index (χ0v) is 13.0. The highest BCUT2D eigenvalue weighted by atomic mass is 16.2. The van der Waals surface area contributed by atoms with Gasteiger partial charge in [0.25, 0.3) is 0 Å². The maximum Gasteiger partial charge on any atom is 0.335 e. The Morgan fingerprint density at radius 3 is 2.76 bits per heavy atom. The van der Waals surface area contributed by atoms with Crippen LogP contribution in [0, 0.1) is 0 Å². The zero-order valence-electron chi connectivity index (χ0n) is 13.0. The van der Waals surface area contributed by atoms with E-state index >= 15 is 0 Å². The Balaban J connectivity index is 2.16. The van der Waals surface area contributed by atoms with Crippen LogP contribution in [0.15, 0.2) is 41.1 Å². The molecule has 21 heavy (non-hydrogen) atoms. The van der Waals surface area contributed by atoms with Crippen LogP contribution in [-0.4, -0.2) is 25.8 Å². The van der Waals surface area contributed by atoms with Gasteiger partial charge in [-0.15, -0.1) is 0 Å². The summed E-state index contributed by atoms with van der Waals surface area (Å²) in [5.74, 6) is 0. The van der Waals surface area contributed by atoms with Crippen LogP contribution in [0.1, 0.15) is 26.3 Å². The maximum absolute atomic E-state index is 11.2. The quantitative estimate of drug-likeness (QED) is 0.663. The number of nitrogens with one attached hydrogen (secondary N) is 2. The Morgan fingerprint density at radius 1 is 1.38 bits per heavy atom. The van der Waals surface area contributed by atoms with Gasteiger partial charge in [-0.25, -0.2) is 10.2 Å². The number of allylic oxidation sites excluding steroid dienone is 2. The molecule has 2 rings (SSSR count). The number of hydrogen-bond acceptors (Lipinski definition) is 3. The molecule has 0 spiro atoms. The summed E-state index contributed by atoms with van der Waals surface area (Å²) < 4.78 is 0. The van der Waals surface area contributed by atoms with Gasteiger partial charge in [-0.1, -0.05) is 32.0 Å². The molecule has 1 aliphatic heterocycles. The lowest BCUT2D eigenvalue weighted by atomic mass is 9.84. The van der Waals surface area contributed by atoms with E-state index in [1.54, 1.807) is 6.21 Å². The zero-order chi connectivity index (χ0) is 15.5. The molecule has 0 bridgehead atoms. The molecule has 112 valence electrons. The molecule has 0 saturated heterocycles. The smallest absolute Gasteiger partial charge is 0.335 e. The molecule has 1 aliphatic rings. The number of fused-ring (bicyclic) bond motifs is 1. The molecule has 5 heteroatoms. The molecule has 1 aromatic rings. The van der Waals surface area contributed by atoms with Gasteiger partial charge in [0.05, 0.1) is 0 Å². The van der Waals surface area contributed by atoms with Crippen molar-refractivity contribution in [1.29, 1.82) is 0 Å². The van der Waals surface area contributed by atoms with Crippen molar-refractivity contribution in [2.24, 2.45) is 5.10 Å². The fourth-order valence-corrected chi connectivity index (χ4v) is 2.71. The van der Waals surface area contributed by atoms with Gasteiger partial charge in [-0.05, 0) is 24.6 Å². The Morgan fingerprint density at radius 2 is 2.10 bits per heavy atom. The molecule has 0 saturated carbocycles. The third-order valence-corrected chi connectivity index (χ3v) is 3.75. The van der Waals surface area contributed by atoms with Gasteiger partial charge >= 0.3 is 6.03 Å². The highest BCUT2D eigenvalue weighted by Gasteiger charge is 2.37. The minimum atomic E-state index is -0.297. The van der Waals surface area contributed by atoms with Crippen molar-refractivity contribution >= 4 is 17.9 Å². The van der Waals surface area contributed by atoms with E-state index in [-0.39, 0.29) is 11.4 Å². The van der Waals surface area contributed by atoms with Gasteiger partial charge in [0.2, 0.25) is 0 Å². The molecule has 0 unspecified atom stereocenters. The number of nitrogens with zero attached hydrogens (tertiary/aromatic N) is 2. The molecule has 1 aromatic carbocycles. The number of carbonyl (C=O) groups is 1. The Labute approximate surface area is 125 Å². The third-order valence-electron chi connectivity index (χ3n) is 3.75. The first kappa shape index (κ1) is 15.1. The number of benzene rings is 1. The predicted octanol–water partition coefficient (Wildman–Crippen LogP) is 2.60. The summed E-state index contributed by atoms with van der Waals surface area (Å²) in [6.07, 6.45) is 3.56. The van der Waals surface area contributed by atoms with Crippen LogP contribution in [-0.2, 0) is 5.41 Å². The van der Waals surface area contributed by atoms with E-state index in [0.717, 1.165) is 5.70 Å². The Kier molecular flexibility index (Phi) is 4.31. The van der Waals surface area contributed by atoms with E-state index < -0.39 is 0 Å². The van der Waals surface area contributed by atoms with Crippen molar-refractivity contribution in [2.75, 3.05) is 18.5 Å². The molecule has 0 aromatic heterocycles. The number of hydrazone groups is 1. The van der Waals surface area contributed by atoms with Gasteiger partial charge in [0.1, 0.15) is 0 Å². The highest BCUT2D eigenvalue weighted by Crippen LogP contribution is 2.46. The number of anilines is 1. The summed E-state index contributed by atoms with van der Waals surface area (Å²) >= 11 is 0. The SMILES string of the molecule is CCNC(=O)NN=CC=C1N(C)c2ccccc2C1(C)C. The van der Waals surface area contributed by atoms with Gasteiger partial charge in [-0.3, -0.25) is 0 Å². The summed E-state index contributed by atoms with van der Waals surface area (Å²) in [6, 6.07) is 8.06. The van der Waals surface area contributed by atoms with Crippen molar-refractivity contribution < 1.29 is 4.79 Å². The molecule has 0 aliphatic carbocycles. The molecular formula is C16H22N4O. The van der Waals surface area contributed by atoms with Crippen molar-refractivity contribution in [3.8, 4) is 0 Å². The van der Waals surface area contributed by atoms with Crippen molar-refractivity contribution in [1.82, 2.24) is 10.7 Å². The summed E-state index contributed by atoms with van der Waals surface area (Å²) in [5.41, 5.74) is 5.99. The number of likely N-dealkylation sites (N-methyl/N-ethyl adjacent to an activating group) is 1. The van der Waals surface area contributed by atoms with Crippen molar-refractivity contribution in [3.05, 3.63) is 41.6 Å². The second-order valence-electron chi connectivity index (χ2n) is 5.50. The van der Waals surface area contributed by atoms with Crippen LogP contribution in [0.5, 0.6) is 0 Å². The second-order valence-corrected chi connectivity index (χ2v) is 5.50. The minimum Gasteiger partial charge on any atom is -0.347 e. The van der Waals surface area contributed by atoms with Crippen LogP contribution >= 0.6 is 0 Å². The number of amides is 2. The van der Waals surface area contributed by atoms with E-state index in [2.05, 4.69) is 52.8 Å². The highest BCUT2D eigenvalue weighted by molar-refractivity contribution is 5.81. The minimum absolute atomic E-state index is 0.0803. The number of hydrogen-bond donors (Lipinski definition) is 2. The monoisotopic (exact) mass is 286 g/mol. The van der Waals surface area contributed by atoms with E-state index in [0.29, 0.717) is 6.54 Å². The third kappa shape index (κ3) is 2.91. The molecule has 0 fully saturated rings. The maximum atomic E-state index is 11.2. The summed E-state index contributed by atoms with van der Waals surface area (Å²) in [6.45, 7) is 6.81. The molecule has 0 atom stereocenters. The molecule has 0 radical (unpaired) electrons.